The summed E-state index contributed by atoms with van der Waals surface area (Å²) >= 11 is 0. The molecule has 3 rings (SSSR count). The number of rotatable bonds is 4. The Balaban J connectivity index is 1.87. The summed E-state index contributed by atoms with van der Waals surface area (Å²) in [5.74, 6) is 0. The van der Waals surface area contributed by atoms with Crippen LogP contribution in [0.5, 0.6) is 0 Å². The molecule has 2 heterocycles. The predicted molar refractivity (Wildman–Crippen MR) is 92.9 cm³/mol. The van der Waals surface area contributed by atoms with Gasteiger partial charge in [0.15, 0.2) is 0 Å². The van der Waals surface area contributed by atoms with Crippen LogP contribution in [-0.4, -0.2) is 49.3 Å². The van der Waals surface area contributed by atoms with Crippen molar-refractivity contribution in [2.45, 2.75) is 43.0 Å². The minimum atomic E-state index is -3.41. The highest BCUT2D eigenvalue weighted by Gasteiger charge is 2.45. The Hall–Kier alpha value is -1.17. The Morgan fingerprint density at radius 3 is 2.70 bits per heavy atom. The van der Waals surface area contributed by atoms with Gasteiger partial charge in [-0.1, -0.05) is 18.2 Å². The minimum Gasteiger partial charge on any atom is -0.293 e. The van der Waals surface area contributed by atoms with E-state index in [0.29, 0.717) is 18.0 Å². The Morgan fingerprint density at radius 1 is 1.26 bits per heavy atom. The van der Waals surface area contributed by atoms with E-state index in [9.17, 15) is 8.42 Å². The zero-order chi connectivity index (χ0) is 16.5. The molecule has 4 nitrogen and oxygen atoms in total. The second-order valence-electron chi connectivity index (χ2n) is 6.82. The number of hydrogen-bond acceptors (Lipinski definition) is 3. The summed E-state index contributed by atoms with van der Waals surface area (Å²) in [6.07, 6.45) is 6.17. The Morgan fingerprint density at radius 2 is 2.00 bits per heavy atom. The smallest absolute Gasteiger partial charge is 0.243 e. The van der Waals surface area contributed by atoms with Gasteiger partial charge in [0.1, 0.15) is 0 Å². The maximum atomic E-state index is 13.0. The maximum absolute atomic E-state index is 13.0. The first kappa shape index (κ1) is 16.7. The van der Waals surface area contributed by atoms with Crippen LogP contribution in [0.4, 0.5) is 0 Å². The van der Waals surface area contributed by atoms with Crippen molar-refractivity contribution in [3.63, 3.8) is 0 Å². The summed E-state index contributed by atoms with van der Waals surface area (Å²) in [7, 11) is -3.41. The van der Waals surface area contributed by atoms with E-state index >= 15 is 0 Å². The molecule has 23 heavy (non-hydrogen) atoms. The van der Waals surface area contributed by atoms with E-state index < -0.39 is 10.0 Å². The van der Waals surface area contributed by atoms with Crippen LogP contribution in [0.3, 0.4) is 0 Å². The fourth-order valence-electron chi connectivity index (χ4n) is 4.10. The lowest BCUT2D eigenvalue weighted by Crippen LogP contribution is -2.56. The zero-order valence-electron chi connectivity index (χ0n) is 13.9. The van der Waals surface area contributed by atoms with Crippen molar-refractivity contribution in [1.29, 1.82) is 0 Å². The van der Waals surface area contributed by atoms with E-state index in [1.54, 1.807) is 16.4 Å². The molecule has 2 aliphatic heterocycles. The van der Waals surface area contributed by atoms with Crippen molar-refractivity contribution >= 4 is 10.0 Å². The number of likely N-dealkylation sites (tertiary alicyclic amines) is 1. The quantitative estimate of drug-likeness (QED) is 0.795. The molecule has 0 radical (unpaired) electrons. The van der Waals surface area contributed by atoms with Gasteiger partial charge in [-0.05, 0) is 56.8 Å². The van der Waals surface area contributed by atoms with Gasteiger partial charge < -0.3 is 0 Å². The SMILES string of the molecule is C=CCN1CCC[C@]12CCCN(S(=O)(=O)c1cccc(C)c1)C2. The van der Waals surface area contributed by atoms with Gasteiger partial charge in [-0.2, -0.15) is 4.31 Å². The molecule has 2 fully saturated rings. The van der Waals surface area contributed by atoms with E-state index in [1.807, 2.05) is 25.1 Å². The molecule has 0 saturated carbocycles. The maximum Gasteiger partial charge on any atom is 0.243 e. The monoisotopic (exact) mass is 334 g/mol. The molecule has 1 atom stereocenters. The van der Waals surface area contributed by atoms with Gasteiger partial charge in [0.25, 0.3) is 0 Å². The normalized spacial score (nSPS) is 26.7. The Kier molecular flexibility index (Phi) is 4.63. The van der Waals surface area contributed by atoms with Crippen molar-refractivity contribution in [2.75, 3.05) is 26.2 Å². The van der Waals surface area contributed by atoms with Crippen LogP contribution in [0.15, 0.2) is 41.8 Å². The van der Waals surface area contributed by atoms with Crippen molar-refractivity contribution in [3.05, 3.63) is 42.5 Å². The first-order chi connectivity index (χ1) is 11.0. The van der Waals surface area contributed by atoms with Crippen molar-refractivity contribution < 1.29 is 8.42 Å². The van der Waals surface area contributed by atoms with E-state index in [0.717, 1.165) is 44.3 Å². The topological polar surface area (TPSA) is 40.6 Å². The van der Waals surface area contributed by atoms with E-state index in [1.165, 1.54) is 0 Å². The van der Waals surface area contributed by atoms with Crippen LogP contribution in [0.2, 0.25) is 0 Å². The van der Waals surface area contributed by atoms with Gasteiger partial charge in [-0.3, -0.25) is 4.90 Å². The standard InChI is InChI=1S/C18H26N2O2S/c1-3-11-19-12-5-9-18(19)10-6-13-20(15-18)23(21,22)17-8-4-7-16(2)14-17/h3-4,7-8,14H,1,5-6,9-13,15H2,2H3/t18-/m1/s1. The van der Waals surface area contributed by atoms with E-state index in [2.05, 4.69) is 11.5 Å². The summed E-state index contributed by atoms with van der Waals surface area (Å²) in [6, 6.07) is 7.23. The van der Waals surface area contributed by atoms with Crippen LogP contribution in [0.1, 0.15) is 31.2 Å². The van der Waals surface area contributed by atoms with Crippen molar-refractivity contribution in [2.24, 2.45) is 0 Å². The average Bonchev–Trinajstić information content (AvgIpc) is 2.90. The molecule has 0 bridgehead atoms. The number of sulfonamides is 1. The second-order valence-corrected chi connectivity index (χ2v) is 8.76. The molecule has 1 aromatic rings. The summed E-state index contributed by atoms with van der Waals surface area (Å²) in [4.78, 5) is 2.85. The largest absolute Gasteiger partial charge is 0.293 e. The molecule has 0 amide bonds. The average molecular weight is 334 g/mol. The van der Waals surface area contributed by atoms with Crippen molar-refractivity contribution in [3.8, 4) is 0 Å². The van der Waals surface area contributed by atoms with E-state index in [4.69, 9.17) is 0 Å². The van der Waals surface area contributed by atoms with Crippen LogP contribution in [-0.2, 0) is 10.0 Å². The first-order valence-corrected chi connectivity index (χ1v) is 9.85. The molecule has 5 heteroatoms. The number of nitrogens with zero attached hydrogens (tertiary/aromatic N) is 2. The number of piperidine rings is 1. The lowest BCUT2D eigenvalue weighted by atomic mass is 9.87. The molecule has 126 valence electrons. The minimum absolute atomic E-state index is 0.00331. The van der Waals surface area contributed by atoms with Crippen LogP contribution < -0.4 is 0 Å². The van der Waals surface area contributed by atoms with Gasteiger partial charge in [0.05, 0.1) is 4.90 Å². The molecule has 0 unspecified atom stereocenters. The molecule has 2 saturated heterocycles. The zero-order valence-corrected chi connectivity index (χ0v) is 14.7. The summed E-state index contributed by atoms with van der Waals surface area (Å²) in [5.41, 5.74) is 0.982. The molecular formula is C18H26N2O2S. The fourth-order valence-corrected chi connectivity index (χ4v) is 5.76. The lowest BCUT2D eigenvalue weighted by molar-refractivity contribution is 0.0841. The molecule has 0 N–H and O–H groups in total. The molecular weight excluding hydrogens is 308 g/mol. The third kappa shape index (κ3) is 3.10. The lowest BCUT2D eigenvalue weighted by Gasteiger charge is -2.45. The second kappa shape index (κ2) is 6.38. The predicted octanol–water partition coefficient (Wildman–Crippen LogP) is 2.80. The highest BCUT2D eigenvalue weighted by atomic mass is 32.2. The summed E-state index contributed by atoms with van der Waals surface area (Å²) in [5, 5.41) is 0. The van der Waals surface area contributed by atoms with Crippen molar-refractivity contribution in [1.82, 2.24) is 9.21 Å². The molecule has 0 aliphatic carbocycles. The molecule has 2 aliphatic rings. The third-order valence-electron chi connectivity index (χ3n) is 5.24. The summed E-state index contributed by atoms with van der Waals surface area (Å²) < 4.78 is 27.8. The van der Waals surface area contributed by atoms with Crippen LogP contribution in [0, 0.1) is 6.92 Å². The Bertz CT molecular complexity index is 686. The van der Waals surface area contributed by atoms with Gasteiger partial charge in [0, 0.05) is 25.2 Å². The van der Waals surface area contributed by atoms with Gasteiger partial charge in [-0.25, -0.2) is 8.42 Å². The third-order valence-corrected chi connectivity index (χ3v) is 7.08. The van der Waals surface area contributed by atoms with Gasteiger partial charge in [0.2, 0.25) is 10.0 Å². The highest BCUT2D eigenvalue weighted by molar-refractivity contribution is 7.89. The molecule has 1 aromatic carbocycles. The Labute approximate surface area is 139 Å². The number of benzene rings is 1. The van der Waals surface area contributed by atoms with Crippen LogP contribution in [0.25, 0.3) is 0 Å². The summed E-state index contributed by atoms with van der Waals surface area (Å²) in [6.45, 7) is 8.91. The highest BCUT2D eigenvalue weighted by Crippen LogP contribution is 2.38. The van der Waals surface area contributed by atoms with E-state index in [-0.39, 0.29) is 5.54 Å². The fraction of sp³-hybridized carbons (Fsp3) is 0.556. The number of aryl methyl sites for hydroxylation is 1. The first-order valence-electron chi connectivity index (χ1n) is 8.41. The molecule has 0 aromatic heterocycles. The van der Waals surface area contributed by atoms with Gasteiger partial charge in [-0.15, -0.1) is 6.58 Å². The number of hydrogen-bond donors (Lipinski definition) is 0. The molecule has 1 spiro atoms. The van der Waals surface area contributed by atoms with Crippen LogP contribution >= 0.6 is 0 Å². The van der Waals surface area contributed by atoms with Gasteiger partial charge >= 0.3 is 0 Å².